The molecule has 21 heteroatoms. The molecule has 3 aromatic heterocycles. The van der Waals surface area contributed by atoms with Gasteiger partial charge in [-0.15, -0.1) is 15.3 Å². The first-order valence-electron chi connectivity index (χ1n) is 14.7. The van der Waals surface area contributed by atoms with Crippen LogP contribution in [0.15, 0.2) is 0 Å². The number of carbonyl (C=O) groups excluding carboxylic acids is 6. The standard InChI is InChI=1S/C30H33N9O12/c1-13-16(10-37-22(28(43)49-7)19(31-34-37)25(40)46-4)14(2)18(12-39-24(30(45)51-9)21(33-36-39)27(42)48-6)15(3)17(13)11-38-23(29(44)50-8)20(32-35-38)26(41)47-5/h10-12H2,1-9H3. The zero-order valence-electron chi connectivity index (χ0n) is 29.0. The summed E-state index contributed by atoms with van der Waals surface area (Å²) >= 11 is 0. The fourth-order valence-electron chi connectivity index (χ4n) is 5.42. The Morgan fingerprint density at radius 3 is 0.824 bits per heavy atom. The van der Waals surface area contributed by atoms with Crippen LogP contribution in [0.1, 0.15) is 96.3 Å². The SMILES string of the molecule is COC(=O)c1nnn(Cc2c(C)c(Cn3nnc(C(=O)OC)c3C(=O)OC)c(C)c(Cn3nnc(C(=O)OC)c3C(=O)OC)c2C)c1C(=O)OC. The lowest BCUT2D eigenvalue weighted by Gasteiger charge is -2.23. The van der Waals surface area contributed by atoms with Crippen molar-refractivity contribution < 1.29 is 57.2 Å². The van der Waals surface area contributed by atoms with Gasteiger partial charge in [-0.1, -0.05) is 15.6 Å². The molecular weight excluding hydrogens is 678 g/mol. The van der Waals surface area contributed by atoms with Crippen LogP contribution >= 0.6 is 0 Å². The molecule has 0 unspecified atom stereocenters. The molecule has 0 atom stereocenters. The van der Waals surface area contributed by atoms with Crippen LogP contribution in [0.2, 0.25) is 0 Å². The Morgan fingerprint density at radius 1 is 0.412 bits per heavy atom. The van der Waals surface area contributed by atoms with E-state index in [9.17, 15) is 28.8 Å². The summed E-state index contributed by atoms with van der Waals surface area (Å²) in [5.41, 5.74) is 1.43. The highest BCUT2D eigenvalue weighted by molar-refractivity contribution is 6.01. The van der Waals surface area contributed by atoms with Crippen molar-refractivity contribution in [2.45, 2.75) is 40.4 Å². The van der Waals surface area contributed by atoms with Crippen molar-refractivity contribution in [2.75, 3.05) is 42.7 Å². The van der Waals surface area contributed by atoms with E-state index in [0.29, 0.717) is 33.4 Å². The van der Waals surface area contributed by atoms with Crippen molar-refractivity contribution in [3.8, 4) is 0 Å². The Balaban J connectivity index is 2.01. The Labute approximate surface area is 288 Å². The highest BCUT2D eigenvalue weighted by Gasteiger charge is 2.32. The van der Waals surface area contributed by atoms with Gasteiger partial charge in [0.2, 0.25) is 17.1 Å². The minimum Gasteiger partial charge on any atom is -0.464 e. The fourth-order valence-corrected chi connectivity index (χ4v) is 5.42. The number of carbonyl (C=O) groups is 6. The molecule has 0 amide bonds. The van der Waals surface area contributed by atoms with E-state index < -0.39 is 35.8 Å². The first-order chi connectivity index (χ1) is 24.3. The topological polar surface area (TPSA) is 250 Å². The first kappa shape index (κ1) is 37.3. The van der Waals surface area contributed by atoms with Crippen LogP contribution in [-0.4, -0.2) is 123 Å². The van der Waals surface area contributed by atoms with Crippen LogP contribution < -0.4 is 0 Å². The number of rotatable bonds is 12. The summed E-state index contributed by atoms with van der Waals surface area (Å²) in [5, 5.41) is 23.6. The van der Waals surface area contributed by atoms with Gasteiger partial charge in [0.1, 0.15) is 0 Å². The summed E-state index contributed by atoms with van der Waals surface area (Å²) in [4.78, 5) is 76.0. The molecule has 0 saturated heterocycles. The van der Waals surface area contributed by atoms with Crippen molar-refractivity contribution >= 4 is 35.8 Å². The molecule has 270 valence electrons. The molecule has 0 fully saturated rings. The molecule has 21 nitrogen and oxygen atoms in total. The highest BCUT2D eigenvalue weighted by atomic mass is 16.5. The van der Waals surface area contributed by atoms with Crippen LogP contribution in [0, 0.1) is 20.8 Å². The lowest BCUT2D eigenvalue weighted by Crippen LogP contribution is -2.22. The van der Waals surface area contributed by atoms with Crippen molar-refractivity contribution in [1.29, 1.82) is 0 Å². The predicted octanol–water partition coefficient (Wildman–Crippen LogP) is 0.251. The molecule has 0 radical (unpaired) electrons. The predicted molar refractivity (Wildman–Crippen MR) is 166 cm³/mol. The maximum absolute atomic E-state index is 12.9. The van der Waals surface area contributed by atoms with Crippen LogP contribution in [0.5, 0.6) is 0 Å². The lowest BCUT2D eigenvalue weighted by atomic mass is 9.87. The molecule has 0 aliphatic rings. The molecule has 0 spiro atoms. The smallest absolute Gasteiger partial charge is 0.361 e. The minimum atomic E-state index is -0.925. The summed E-state index contributed by atoms with van der Waals surface area (Å²) < 4.78 is 32.5. The van der Waals surface area contributed by atoms with Crippen molar-refractivity contribution in [1.82, 2.24) is 45.0 Å². The third-order valence-electron chi connectivity index (χ3n) is 8.12. The number of hydrogen-bond donors (Lipinski definition) is 0. The fraction of sp³-hybridized carbons (Fsp3) is 0.400. The quantitative estimate of drug-likeness (QED) is 0.141. The van der Waals surface area contributed by atoms with Gasteiger partial charge in [-0.25, -0.2) is 42.8 Å². The lowest BCUT2D eigenvalue weighted by molar-refractivity contribution is 0.0543. The molecule has 4 aromatic rings. The molecule has 4 rings (SSSR count). The molecule has 0 saturated carbocycles. The number of hydrogen-bond acceptors (Lipinski definition) is 18. The number of ether oxygens (including phenoxy) is 6. The number of methoxy groups -OCH3 is 6. The summed E-state index contributed by atoms with van der Waals surface area (Å²) in [6.45, 7) is 4.79. The second-order valence-corrected chi connectivity index (χ2v) is 10.6. The monoisotopic (exact) mass is 711 g/mol. The molecule has 3 heterocycles. The van der Waals surface area contributed by atoms with Gasteiger partial charge in [0.15, 0.2) is 17.1 Å². The van der Waals surface area contributed by atoms with E-state index in [1.807, 2.05) is 0 Å². The number of benzene rings is 1. The Bertz CT molecular complexity index is 1810. The van der Waals surface area contributed by atoms with Gasteiger partial charge < -0.3 is 28.4 Å². The van der Waals surface area contributed by atoms with Gasteiger partial charge in [0.05, 0.1) is 62.3 Å². The number of aromatic nitrogens is 9. The van der Waals surface area contributed by atoms with Crippen LogP contribution in [0.25, 0.3) is 0 Å². The second-order valence-electron chi connectivity index (χ2n) is 10.6. The van der Waals surface area contributed by atoms with Crippen LogP contribution in [0.4, 0.5) is 0 Å². The molecule has 0 N–H and O–H groups in total. The molecule has 51 heavy (non-hydrogen) atoms. The maximum atomic E-state index is 12.9. The van der Waals surface area contributed by atoms with E-state index in [1.165, 1.54) is 0 Å². The van der Waals surface area contributed by atoms with Gasteiger partial charge >= 0.3 is 35.8 Å². The molecule has 0 aliphatic carbocycles. The Hall–Kier alpha value is -6.54. The van der Waals surface area contributed by atoms with Crippen LogP contribution in [0.3, 0.4) is 0 Å². The Morgan fingerprint density at radius 2 is 0.627 bits per heavy atom. The first-order valence-corrected chi connectivity index (χ1v) is 14.7. The zero-order chi connectivity index (χ0) is 37.7. The van der Waals surface area contributed by atoms with E-state index in [-0.39, 0.29) is 53.8 Å². The van der Waals surface area contributed by atoms with Gasteiger partial charge in [-0.2, -0.15) is 0 Å². The van der Waals surface area contributed by atoms with Gasteiger partial charge in [-0.3, -0.25) is 0 Å². The number of esters is 6. The van der Waals surface area contributed by atoms with E-state index in [2.05, 4.69) is 30.9 Å². The molecule has 0 bridgehead atoms. The third kappa shape index (κ3) is 6.85. The summed E-state index contributed by atoms with van der Waals surface area (Å²) in [6, 6.07) is 0. The third-order valence-corrected chi connectivity index (χ3v) is 8.12. The summed E-state index contributed by atoms with van der Waals surface area (Å²) in [6.07, 6.45) is 0. The summed E-state index contributed by atoms with van der Waals surface area (Å²) in [5.74, 6) is -5.51. The molecule has 1 aromatic carbocycles. The Kier molecular flexibility index (Phi) is 11.2. The number of nitrogens with zero attached hydrogens (tertiary/aromatic N) is 9. The van der Waals surface area contributed by atoms with Crippen molar-refractivity contribution in [2.24, 2.45) is 0 Å². The van der Waals surface area contributed by atoms with Crippen molar-refractivity contribution in [3.63, 3.8) is 0 Å². The highest BCUT2D eigenvalue weighted by Crippen LogP contribution is 2.31. The van der Waals surface area contributed by atoms with Crippen molar-refractivity contribution in [3.05, 3.63) is 67.5 Å². The van der Waals surface area contributed by atoms with E-state index in [0.717, 1.165) is 56.7 Å². The van der Waals surface area contributed by atoms with E-state index in [1.54, 1.807) is 20.8 Å². The summed E-state index contributed by atoms with van der Waals surface area (Å²) in [7, 11) is 6.72. The normalized spacial score (nSPS) is 10.8. The van der Waals surface area contributed by atoms with Gasteiger partial charge in [0, 0.05) is 0 Å². The maximum Gasteiger partial charge on any atom is 0.361 e. The van der Waals surface area contributed by atoms with Gasteiger partial charge in [0.25, 0.3) is 0 Å². The van der Waals surface area contributed by atoms with E-state index >= 15 is 0 Å². The largest absolute Gasteiger partial charge is 0.464 e. The van der Waals surface area contributed by atoms with E-state index in [4.69, 9.17) is 28.4 Å². The average molecular weight is 712 g/mol. The average Bonchev–Trinajstić information content (AvgIpc) is 3.88. The minimum absolute atomic E-state index is 0.157. The van der Waals surface area contributed by atoms with Gasteiger partial charge in [-0.05, 0) is 54.2 Å². The molecular formula is C30H33N9O12. The second kappa shape index (κ2) is 15.3. The van der Waals surface area contributed by atoms with Crippen LogP contribution in [-0.2, 0) is 48.1 Å². The molecule has 0 aliphatic heterocycles. The zero-order valence-corrected chi connectivity index (χ0v) is 29.0.